The van der Waals surface area contributed by atoms with Gasteiger partial charge < -0.3 is 9.15 Å². The number of hydrogen-bond donors (Lipinski definition) is 0. The number of ether oxygens (including phenoxy) is 1. The van der Waals surface area contributed by atoms with Crippen molar-refractivity contribution in [3.05, 3.63) is 29.5 Å². The van der Waals surface area contributed by atoms with Gasteiger partial charge in [-0.3, -0.25) is 0 Å². The predicted octanol–water partition coefficient (Wildman–Crippen LogP) is 2.40. The molecule has 0 fully saturated rings. The fourth-order valence-electron chi connectivity index (χ4n) is 1.01. The van der Waals surface area contributed by atoms with E-state index in [2.05, 4.69) is 10.2 Å². The maximum Gasteiger partial charge on any atom is 0.233 e. The summed E-state index contributed by atoms with van der Waals surface area (Å²) in [5.74, 6) is 1.05. The first-order valence-electron chi connectivity index (χ1n) is 3.93. The van der Waals surface area contributed by atoms with Crippen LogP contribution in [-0.4, -0.2) is 17.3 Å². The standard InChI is InChI=1S/C9H7ClN2O2/c1-13-9-5-2-6(11-12-9)7-3-4-8(10)14-7/h2-5H,1H3. The lowest BCUT2D eigenvalue weighted by molar-refractivity contribution is 0.392. The van der Waals surface area contributed by atoms with E-state index in [0.29, 0.717) is 22.6 Å². The molecule has 0 spiro atoms. The minimum Gasteiger partial charge on any atom is -0.480 e. The Hall–Kier alpha value is -1.55. The average molecular weight is 211 g/mol. The second kappa shape index (κ2) is 3.67. The fraction of sp³-hybridized carbons (Fsp3) is 0.111. The summed E-state index contributed by atoms with van der Waals surface area (Å²) in [6.45, 7) is 0. The Bertz CT molecular complexity index is 425. The van der Waals surface area contributed by atoms with E-state index >= 15 is 0 Å². The monoisotopic (exact) mass is 210 g/mol. The van der Waals surface area contributed by atoms with Crippen molar-refractivity contribution in [1.29, 1.82) is 0 Å². The lowest BCUT2D eigenvalue weighted by atomic mass is 10.3. The maximum atomic E-state index is 5.63. The van der Waals surface area contributed by atoms with Gasteiger partial charge in [0.25, 0.3) is 0 Å². The molecule has 0 bridgehead atoms. The van der Waals surface area contributed by atoms with Crippen LogP contribution in [0.1, 0.15) is 0 Å². The van der Waals surface area contributed by atoms with Crippen molar-refractivity contribution in [2.45, 2.75) is 0 Å². The molecule has 0 aliphatic rings. The molecule has 0 aliphatic carbocycles. The van der Waals surface area contributed by atoms with Crippen LogP contribution in [0.2, 0.25) is 5.22 Å². The van der Waals surface area contributed by atoms with Crippen LogP contribution in [0, 0.1) is 0 Å². The average Bonchev–Trinajstić information content (AvgIpc) is 2.65. The van der Waals surface area contributed by atoms with Crippen LogP contribution in [0.15, 0.2) is 28.7 Å². The number of methoxy groups -OCH3 is 1. The number of aromatic nitrogens is 2. The van der Waals surface area contributed by atoms with Crippen LogP contribution < -0.4 is 4.74 Å². The molecule has 0 N–H and O–H groups in total. The molecule has 2 aromatic rings. The molecule has 0 saturated heterocycles. The lowest BCUT2D eigenvalue weighted by Crippen LogP contribution is -1.90. The summed E-state index contributed by atoms with van der Waals surface area (Å²) in [6.07, 6.45) is 0. The summed E-state index contributed by atoms with van der Waals surface area (Å²) in [6, 6.07) is 6.85. The zero-order valence-electron chi connectivity index (χ0n) is 7.40. The number of nitrogens with zero attached hydrogens (tertiary/aromatic N) is 2. The number of halogens is 1. The molecule has 0 aliphatic heterocycles. The van der Waals surface area contributed by atoms with Crippen LogP contribution in [0.3, 0.4) is 0 Å². The summed E-state index contributed by atoms with van der Waals surface area (Å²) >= 11 is 5.63. The third-order valence-electron chi connectivity index (χ3n) is 1.67. The Kier molecular flexibility index (Phi) is 2.37. The molecule has 5 heteroatoms. The van der Waals surface area contributed by atoms with E-state index in [4.69, 9.17) is 20.8 Å². The van der Waals surface area contributed by atoms with Gasteiger partial charge in [0, 0.05) is 6.07 Å². The van der Waals surface area contributed by atoms with Gasteiger partial charge in [-0.15, -0.1) is 10.2 Å². The fourth-order valence-corrected chi connectivity index (χ4v) is 1.16. The smallest absolute Gasteiger partial charge is 0.233 e. The van der Waals surface area contributed by atoms with Crippen molar-refractivity contribution in [3.8, 4) is 17.3 Å². The normalized spacial score (nSPS) is 10.1. The summed E-state index contributed by atoms with van der Waals surface area (Å²) < 4.78 is 10.0. The van der Waals surface area contributed by atoms with Gasteiger partial charge in [0.1, 0.15) is 5.69 Å². The quantitative estimate of drug-likeness (QED) is 0.764. The van der Waals surface area contributed by atoms with Gasteiger partial charge in [-0.1, -0.05) is 0 Å². The summed E-state index contributed by atoms with van der Waals surface area (Å²) in [5.41, 5.74) is 0.623. The Morgan fingerprint density at radius 3 is 2.57 bits per heavy atom. The van der Waals surface area contributed by atoms with Crippen LogP contribution in [0.4, 0.5) is 0 Å². The van der Waals surface area contributed by atoms with Crippen LogP contribution in [0.5, 0.6) is 5.88 Å². The second-order valence-corrected chi connectivity index (χ2v) is 2.94. The second-order valence-electron chi connectivity index (χ2n) is 2.56. The van der Waals surface area contributed by atoms with Crippen molar-refractivity contribution in [1.82, 2.24) is 10.2 Å². The highest BCUT2D eigenvalue weighted by atomic mass is 35.5. The van der Waals surface area contributed by atoms with Crippen LogP contribution in [0.25, 0.3) is 11.5 Å². The molecule has 0 aromatic carbocycles. The van der Waals surface area contributed by atoms with E-state index in [1.165, 1.54) is 7.11 Å². The molecule has 2 aromatic heterocycles. The first kappa shape index (κ1) is 9.02. The Balaban J connectivity index is 2.33. The Morgan fingerprint density at radius 1 is 1.21 bits per heavy atom. The molecule has 0 radical (unpaired) electrons. The van der Waals surface area contributed by atoms with Gasteiger partial charge in [-0.2, -0.15) is 0 Å². The van der Waals surface area contributed by atoms with Crippen molar-refractivity contribution < 1.29 is 9.15 Å². The minimum atomic E-state index is 0.331. The van der Waals surface area contributed by atoms with Crippen molar-refractivity contribution in [2.75, 3.05) is 7.11 Å². The van der Waals surface area contributed by atoms with E-state index in [9.17, 15) is 0 Å². The highest BCUT2D eigenvalue weighted by Gasteiger charge is 2.05. The molecule has 0 atom stereocenters. The van der Waals surface area contributed by atoms with Gasteiger partial charge >= 0.3 is 0 Å². The van der Waals surface area contributed by atoms with E-state index in [1.807, 2.05) is 0 Å². The minimum absolute atomic E-state index is 0.331. The number of furan rings is 1. The predicted molar refractivity (Wildman–Crippen MR) is 51.3 cm³/mol. The molecular formula is C9H7ClN2O2. The summed E-state index contributed by atoms with van der Waals surface area (Å²) in [5, 5.41) is 8.04. The van der Waals surface area contributed by atoms with Crippen LogP contribution in [-0.2, 0) is 0 Å². The molecule has 4 nitrogen and oxygen atoms in total. The Morgan fingerprint density at radius 2 is 2.07 bits per heavy atom. The van der Waals surface area contributed by atoms with Gasteiger partial charge in [-0.25, -0.2) is 0 Å². The largest absolute Gasteiger partial charge is 0.480 e. The highest BCUT2D eigenvalue weighted by molar-refractivity contribution is 6.28. The highest BCUT2D eigenvalue weighted by Crippen LogP contribution is 2.22. The maximum absolute atomic E-state index is 5.63. The van der Waals surface area contributed by atoms with Gasteiger partial charge in [0.2, 0.25) is 5.88 Å². The molecule has 0 unspecified atom stereocenters. The molecule has 14 heavy (non-hydrogen) atoms. The van der Waals surface area contributed by atoms with E-state index in [1.54, 1.807) is 24.3 Å². The zero-order valence-corrected chi connectivity index (χ0v) is 8.15. The lowest BCUT2D eigenvalue weighted by Gasteiger charge is -1.97. The molecule has 2 rings (SSSR count). The third kappa shape index (κ3) is 1.70. The van der Waals surface area contributed by atoms with E-state index < -0.39 is 0 Å². The van der Waals surface area contributed by atoms with E-state index in [0.717, 1.165) is 0 Å². The van der Waals surface area contributed by atoms with Crippen molar-refractivity contribution in [2.24, 2.45) is 0 Å². The number of rotatable bonds is 2. The SMILES string of the molecule is COc1ccc(-c2ccc(Cl)o2)nn1. The summed E-state index contributed by atoms with van der Waals surface area (Å²) in [4.78, 5) is 0. The van der Waals surface area contributed by atoms with Gasteiger partial charge in [0.05, 0.1) is 7.11 Å². The Labute approximate surface area is 85.5 Å². The summed E-state index contributed by atoms with van der Waals surface area (Å²) in [7, 11) is 1.54. The zero-order chi connectivity index (χ0) is 9.97. The van der Waals surface area contributed by atoms with Crippen LogP contribution >= 0.6 is 11.6 Å². The topological polar surface area (TPSA) is 48.2 Å². The molecular weight excluding hydrogens is 204 g/mol. The molecule has 0 saturated carbocycles. The first-order chi connectivity index (χ1) is 6.79. The van der Waals surface area contributed by atoms with Gasteiger partial charge in [0.15, 0.2) is 11.0 Å². The van der Waals surface area contributed by atoms with Gasteiger partial charge in [-0.05, 0) is 29.8 Å². The number of hydrogen-bond acceptors (Lipinski definition) is 4. The molecule has 2 heterocycles. The first-order valence-corrected chi connectivity index (χ1v) is 4.31. The van der Waals surface area contributed by atoms with E-state index in [-0.39, 0.29) is 0 Å². The molecule has 0 amide bonds. The molecule has 72 valence electrons. The van der Waals surface area contributed by atoms with Crippen molar-refractivity contribution in [3.63, 3.8) is 0 Å². The van der Waals surface area contributed by atoms with Crippen molar-refractivity contribution >= 4 is 11.6 Å². The third-order valence-corrected chi connectivity index (χ3v) is 1.88.